The monoisotopic (exact) mass is 492 g/mol. The average molecular weight is 493 g/mol. The molecule has 0 aliphatic carbocycles. The number of hydrogen-bond acceptors (Lipinski definition) is 9. The minimum atomic E-state index is 0.424. The number of nitrogens with two attached hydrogens (primary N) is 1. The van der Waals surface area contributed by atoms with Crippen LogP contribution in [0.15, 0.2) is 12.1 Å². The predicted octanol–water partition coefficient (Wildman–Crippen LogP) is 2.59. The van der Waals surface area contributed by atoms with Crippen LogP contribution in [0.2, 0.25) is 0 Å². The van der Waals surface area contributed by atoms with Crippen molar-refractivity contribution in [3.8, 4) is 6.01 Å². The van der Waals surface area contributed by atoms with Crippen molar-refractivity contribution in [2.75, 3.05) is 62.4 Å². The van der Waals surface area contributed by atoms with Gasteiger partial charge in [0, 0.05) is 54.7 Å². The molecule has 3 fully saturated rings. The maximum Gasteiger partial charge on any atom is 0.318 e. The van der Waals surface area contributed by atoms with Crippen LogP contribution < -0.4 is 25.6 Å². The zero-order chi connectivity index (χ0) is 25.2. The lowest BCUT2D eigenvalue weighted by molar-refractivity contribution is 0.374. The average Bonchev–Trinajstić information content (AvgIpc) is 3.51. The number of methoxy groups -OCH3 is 1. The molecule has 9 nitrogen and oxygen atoms in total. The molecule has 2 bridgehead atoms. The van der Waals surface area contributed by atoms with Crippen molar-refractivity contribution in [3.05, 3.63) is 34.5 Å². The van der Waals surface area contributed by atoms with Crippen LogP contribution in [-0.2, 0) is 13.0 Å². The first-order valence-electron chi connectivity index (χ1n) is 13.2. The van der Waals surface area contributed by atoms with Crippen molar-refractivity contribution in [1.82, 2.24) is 20.2 Å². The minimum Gasteiger partial charge on any atom is -0.467 e. The summed E-state index contributed by atoms with van der Waals surface area (Å²) in [5, 5.41) is 11.6. The van der Waals surface area contributed by atoms with Gasteiger partial charge in [0.25, 0.3) is 0 Å². The Labute approximate surface area is 214 Å². The number of anilines is 3. The van der Waals surface area contributed by atoms with Gasteiger partial charge in [-0.3, -0.25) is 0 Å². The van der Waals surface area contributed by atoms with Crippen LogP contribution in [0.5, 0.6) is 6.01 Å². The fourth-order valence-electron chi connectivity index (χ4n) is 6.08. The van der Waals surface area contributed by atoms with Gasteiger partial charge < -0.3 is 35.9 Å². The van der Waals surface area contributed by atoms with Crippen LogP contribution in [-0.4, -0.2) is 80.0 Å². The molecule has 4 N–H and O–H groups in total. The quantitative estimate of drug-likeness (QED) is 0.442. The van der Waals surface area contributed by atoms with E-state index in [0.717, 1.165) is 54.4 Å². The summed E-state index contributed by atoms with van der Waals surface area (Å²) in [5.41, 5.74) is 11.9. The number of ether oxygens (including phenoxy) is 1. The molecule has 0 spiro atoms. The maximum absolute atomic E-state index is 7.87. The van der Waals surface area contributed by atoms with E-state index in [2.05, 4.69) is 34.0 Å². The summed E-state index contributed by atoms with van der Waals surface area (Å²) in [7, 11) is 3.80. The lowest BCUT2D eigenvalue weighted by Gasteiger charge is -2.38. The lowest BCUT2D eigenvalue weighted by Crippen LogP contribution is -2.52. The molecule has 1 aromatic carbocycles. The molecule has 2 unspecified atom stereocenters. The van der Waals surface area contributed by atoms with E-state index in [4.69, 9.17) is 25.8 Å². The van der Waals surface area contributed by atoms with Gasteiger partial charge in [0.05, 0.1) is 25.0 Å². The number of aromatic nitrogens is 2. The molecule has 4 aliphatic rings. The molecule has 194 valence electrons. The van der Waals surface area contributed by atoms with E-state index in [1.165, 1.54) is 50.6 Å². The molecule has 3 saturated heterocycles. The number of nitrogens with one attached hydrogen (secondary N) is 2. The number of nitrogen functional groups attached to an aromatic ring is 1. The molecule has 1 aromatic heterocycles. The molecule has 5 heterocycles. The number of hydrogen-bond donors (Lipinski definition) is 3. The highest BCUT2D eigenvalue weighted by Crippen LogP contribution is 2.36. The Kier molecular flexibility index (Phi) is 7.29. The highest BCUT2D eigenvalue weighted by Gasteiger charge is 2.35. The number of benzene rings is 1. The second kappa shape index (κ2) is 10.6. The van der Waals surface area contributed by atoms with E-state index < -0.39 is 0 Å². The second-order valence-corrected chi connectivity index (χ2v) is 10.6. The standard InChI is InChI=1S/C22H29N7O.C5H11N/c1-13-3-6-18(24)17(9-23)20(13)28-8-7-16-19(12-28)26-22(30-2)27-21(16)29-10-14-4-5-15(11-29)25-14;1-6-4-2-3-5-6/h3,6,9,14-15,23,25H,4-5,7-8,10-12,24H2,1-2H3;2-5H2,1H3. The van der Waals surface area contributed by atoms with Crippen LogP contribution >= 0.6 is 0 Å². The Hall–Kier alpha value is -2.91. The van der Waals surface area contributed by atoms with Crippen molar-refractivity contribution in [1.29, 1.82) is 5.41 Å². The van der Waals surface area contributed by atoms with Crippen LogP contribution in [0, 0.1) is 12.3 Å². The van der Waals surface area contributed by atoms with Crippen molar-refractivity contribution in [2.45, 2.75) is 57.7 Å². The molecule has 4 aliphatic heterocycles. The van der Waals surface area contributed by atoms with E-state index in [9.17, 15) is 0 Å². The highest BCUT2D eigenvalue weighted by molar-refractivity contribution is 5.94. The second-order valence-electron chi connectivity index (χ2n) is 10.6. The minimum absolute atomic E-state index is 0.424. The molecule has 0 saturated carbocycles. The van der Waals surface area contributed by atoms with Gasteiger partial charge in [-0.25, -0.2) is 0 Å². The number of aryl methyl sites for hydroxylation is 1. The summed E-state index contributed by atoms with van der Waals surface area (Å²) >= 11 is 0. The molecule has 36 heavy (non-hydrogen) atoms. The van der Waals surface area contributed by atoms with Gasteiger partial charge in [-0.1, -0.05) is 6.07 Å². The Morgan fingerprint density at radius 2 is 1.81 bits per heavy atom. The molecule has 2 aromatic rings. The number of nitrogens with zero attached hydrogens (tertiary/aromatic N) is 5. The normalized spacial score (nSPS) is 23.2. The van der Waals surface area contributed by atoms with Gasteiger partial charge >= 0.3 is 6.01 Å². The summed E-state index contributed by atoms with van der Waals surface area (Å²) < 4.78 is 5.47. The predicted molar refractivity (Wildman–Crippen MR) is 146 cm³/mol. The first kappa shape index (κ1) is 24.8. The number of fused-ring (bicyclic) bond motifs is 3. The van der Waals surface area contributed by atoms with Crippen LogP contribution in [0.1, 0.15) is 48.1 Å². The third-order valence-corrected chi connectivity index (χ3v) is 7.96. The maximum atomic E-state index is 7.87. The SMILES string of the molecule is CN1CCCC1.COc1nc2c(c(N3CC4CCC(C3)N4)n1)CCN(c1c(C)ccc(N)c1C=N)C2. The molecular formula is C27H40N8O. The van der Waals surface area contributed by atoms with Crippen molar-refractivity contribution >= 4 is 23.4 Å². The molecule has 6 rings (SSSR count). The van der Waals surface area contributed by atoms with Crippen LogP contribution in [0.25, 0.3) is 0 Å². The summed E-state index contributed by atoms with van der Waals surface area (Å²) in [5.74, 6) is 1.03. The Bertz CT molecular complexity index is 1090. The van der Waals surface area contributed by atoms with Gasteiger partial charge in [0.1, 0.15) is 5.82 Å². The van der Waals surface area contributed by atoms with E-state index in [-0.39, 0.29) is 0 Å². The Balaban J connectivity index is 0.000000391. The molecule has 2 atom stereocenters. The van der Waals surface area contributed by atoms with Crippen molar-refractivity contribution < 1.29 is 4.74 Å². The summed E-state index contributed by atoms with van der Waals surface area (Å²) in [6.45, 7) is 8.18. The number of rotatable bonds is 4. The fraction of sp³-hybridized carbons (Fsp3) is 0.593. The van der Waals surface area contributed by atoms with Crippen molar-refractivity contribution in [2.24, 2.45) is 0 Å². The smallest absolute Gasteiger partial charge is 0.318 e. The summed E-state index contributed by atoms with van der Waals surface area (Å²) in [6.07, 6.45) is 7.52. The third-order valence-electron chi connectivity index (χ3n) is 7.96. The van der Waals surface area contributed by atoms with E-state index >= 15 is 0 Å². The first-order chi connectivity index (χ1) is 17.5. The first-order valence-corrected chi connectivity index (χ1v) is 13.2. The Morgan fingerprint density at radius 3 is 2.42 bits per heavy atom. The molecule has 9 heteroatoms. The van der Waals surface area contributed by atoms with Crippen molar-refractivity contribution in [3.63, 3.8) is 0 Å². The zero-order valence-electron chi connectivity index (χ0n) is 21.9. The number of likely N-dealkylation sites (tertiary alicyclic amines) is 1. The third kappa shape index (κ3) is 4.99. The van der Waals surface area contributed by atoms with Crippen LogP contribution in [0.4, 0.5) is 17.2 Å². The van der Waals surface area contributed by atoms with Gasteiger partial charge in [-0.15, -0.1) is 0 Å². The van der Waals surface area contributed by atoms with Gasteiger partial charge in [-0.2, -0.15) is 9.97 Å². The summed E-state index contributed by atoms with van der Waals surface area (Å²) in [4.78, 5) is 16.6. The van der Waals surface area contributed by atoms with Gasteiger partial charge in [0.2, 0.25) is 0 Å². The molecule has 0 radical (unpaired) electrons. The van der Waals surface area contributed by atoms with Gasteiger partial charge in [0.15, 0.2) is 0 Å². The lowest BCUT2D eigenvalue weighted by atomic mass is 10.00. The van der Waals surface area contributed by atoms with E-state index in [1.807, 2.05) is 12.1 Å². The number of piperazine rings is 1. The molecular weight excluding hydrogens is 452 g/mol. The Morgan fingerprint density at radius 1 is 1.08 bits per heavy atom. The summed E-state index contributed by atoms with van der Waals surface area (Å²) in [6, 6.07) is 5.42. The van der Waals surface area contributed by atoms with E-state index in [0.29, 0.717) is 30.3 Å². The van der Waals surface area contributed by atoms with Crippen LogP contribution in [0.3, 0.4) is 0 Å². The van der Waals surface area contributed by atoms with E-state index in [1.54, 1.807) is 7.11 Å². The largest absolute Gasteiger partial charge is 0.467 e. The topological polar surface area (TPSA) is 107 Å². The zero-order valence-corrected chi connectivity index (χ0v) is 21.9. The highest BCUT2D eigenvalue weighted by atomic mass is 16.5. The fourth-order valence-corrected chi connectivity index (χ4v) is 6.08. The molecule has 0 amide bonds. The van der Waals surface area contributed by atoms with Gasteiger partial charge in [-0.05, 0) is 70.8 Å².